The minimum absolute atomic E-state index is 0.0216. The van der Waals surface area contributed by atoms with Crippen LogP contribution in [-0.2, 0) is 16.0 Å². The van der Waals surface area contributed by atoms with E-state index in [0.717, 1.165) is 17.7 Å². The number of ether oxygens (including phenoxy) is 1. The lowest BCUT2D eigenvalue weighted by molar-refractivity contribution is -0.137. The molecule has 0 bridgehead atoms. The van der Waals surface area contributed by atoms with Crippen LogP contribution in [0.4, 0.5) is 4.39 Å². The zero-order chi connectivity index (χ0) is 13.7. The molecule has 0 atom stereocenters. The first-order chi connectivity index (χ1) is 9.15. The van der Waals surface area contributed by atoms with Gasteiger partial charge in [0.15, 0.2) is 0 Å². The second-order valence-electron chi connectivity index (χ2n) is 3.93. The summed E-state index contributed by atoms with van der Waals surface area (Å²) in [6.45, 7) is 0. The van der Waals surface area contributed by atoms with Crippen molar-refractivity contribution in [2.75, 3.05) is 0 Å². The van der Waals surface area contributed by atoms with Gasteiger partial charge in [0.1, 0.15) is 5.82 Å². The van der Waals surface area contributed by atoms with Crippen molar-refractivity contribution in [3.8, 4) is 0 Å². The normalized spacial score (nSPS) is 9.95. The summed E-state index contributed by atoms with van der Waals surface area (Å²) in [5.74, 6) is -1.87. The van der Waals surface area contributed by atoms with Gasteiger partial charge in [-0.1, -0.05) is 30.3 Å². The minimum Gasteiger partial charge on any atom is -0.389 e. The molecule has 3 nitrogen and oxygen atoms in total. The Morgan fingerprint density at radius 1 is 0.947 bits per heavy atom. The molecule has 96 valence electrons. The molecular formula is C15H11FO3. The third kappa shape index (κ3) is 3.74. The molecule has 0 heterocycles. The summed E-state index contributed by atoms with van der Waals surface area (Å²) in [6, 6.07) is 13.8. The second-order valence-corrected chi connectivity index (χ2v) is 3.93. The van der Waals surface area contributed by atoms with E-state index in [0.29, 0.717) is 0 Å². The van der Waals surface area contributed by atoms with Crippen LogP contribution in [0.5, 0.6) is 0 Å². The van der Waals surface area contributed by atoms with E-state index < -0.39 is 17.8 Å². The van der Waals surface area contributed by atoms with Gasteiger partial charge in [0, 0.05) is 0 Å². The van der Waals surface area contributed by atoms with Crippen LogP contribution >= 0.6 is 0 Å². The summed E-state index contributed by atoms with van der Waals surface area (Å²) in [6.07, 6.45) is 0.0216. The summed E-state index contributed by atoms with van der Waals surface area (Å²) < 4.78 is 17.4. The van der Waals surface area contributed by atoms with Gasteiger partial charge in [-0.05, 0) is 29.8 Å². The molecule has 0 fully saturated rings. The largest absolute Gasteiger partial charge is 0.389 e. The van der Waals surface area contributed by atoms with Gasteiger partial charge in [0.05, 0.1) is 12.0 Å². The van der Waals surface area contributed by atoms with Crippen LogP contribution in [-0.4, -0.2) is 11.9 Å². The van der Waals surface area contributed by atoms with E-state index in [-0.39, 0.29) is 12.0 Å². The van der Waals surface area contributed by atoms with Crippen LogP contribution in [0.1, 0.15) is 15.9 Å². The van der Waals surface area contributed by atoms with Crippen LogP contribution in [0.25, 0.3) is 0 Å². The fraction of sp³-hybridized carbons (Fsp3) is 0.0667. The highest BCUT2D eigenvalue weighted by Crippen LogP contribution is 2.06. The van der Waals surface area contributed by atoms with Crippen LogP contribution in [0.3, 0.4) is 0 Å². The van der Waals surface area contributed by atoms with Crippen LogP contribution in [0, 0.1) is 5.82 Å². The first-order valence-corrected chi connectivity index (χ1v) is 5.69. The average molecular weight is 258 g/mol. The Bertz CT molecular complexity index is 576. The van der Waals surface area contributed by atoms with Crippen molar-refractivity contribution < 1.29 is 18.7 Å². The summed E-state index contributed by atoms with van der Waals surface area (Å²) in [5.41, 5.74) is 0.905. The molecule has 0 amide bonds. The van der Waals surface area contributed by atoms with Crippen LogP contribution < -0.4 is 0 Å². The number of carbonyl (C=O) groups excluding carboxylic acids is 2. The molecule has 2 aromatic carbocycles. The van der Waals surface area contributed by atoms with Gasteiger partial charge in [-0.2, -0.15) is 0 Å². The molecule has 0 saturated carbocycles. The Balaban J connectivity index is 1.95. The Labute approximate surface area is 109 Å². The molecule has 0 aliphatic carbocycles. The minimum atomic E-state index is -0.777. The Morgan fingerprint density at radius 3 is 2.21 bits per heavy atom. The predicted molar refractivity (Wildman–Crippen MR) is 67.0 cm³/mol. The van der Waals surface area contributed by atoms with Crippen LogP contribution in [0.15, 0.2) is 54.6 Å². The number of carbonyl (C=O) groups is 2. The Morgan fingerprint density at radius 2 is 1.58 bits per heavy atom. The van der Waals surface area contributed by atoms with Crippen LogP contribution in [0.2, 0.25) is 0 Å². The lowest BCUT2D eigenvalue weighted by Crippen LogP contribution is -2.14. The number of halogens is 1. The zero-order valence-corrected chi connectivity index (χ0v) is 10.0. The smallest absolute Gasteiger partial charge is 0.345 e. The van der Waals surface area contributed by atoms with Gasteiger partial charge in [-0.15, -0.1) is 0 Å². The Kier molecular flexibility index (Phi) is 4.03. The quantitative estimate of drug-likeness (QED) is 0.628. The maximum absolute atomic E-state index is 12.7. The SMILES string of the molecule is O=C(Cc1ccccc1)OC(=O)c1ccc(F)cc1. The molecule has 0 N–H and O–H groups in total. The van der Waals surface area contributed by atoms with Gasteiger partial charge in [0.2, 0.25) is 0 Å². The summed E-state index contributed by atoms with van der Waals surface area (Å²) in [7, 11) is 0. The van der Waals surface area contributed by atoms with Crippen molar-refractivity contribution in [2.24, 2.45) is 0 Å². The average Bonchev–Trinajstić information content (AvgIpc) is 2.40. The lowest BCUT2D eigenvalue weighted by atomic mass is 10.1. The van der Waals surface area contributed by atoms with Gasteiger partial charge < -0.3 is 4.74 Å². The number of esters is 2. The fourth-order valence-corrected chi connectivity index (χ4v) is 1.55. The van der Waals surface area contributed by atoms with E-state index in [4.69, 9.17) is 0 Å². The van der Waals surface area contributed by atoms with Gasteiger partial charge >= 0.3 is 11.9 Å². The molecule has 0 spiro atoms. The van der Waals surface area contributed by atoms with Gasteiger partial charge in [0.25, 0.3) is 0 Å². The number of rotatable bonds is 3. The summed E-state index contributed by atoms with van der Waals surface area (Å²) >= 11 is 0. The standard InChI is InChI=1S/C15H11FO3/c16-13-8-6-12(7-9-13)15(18)19-14(17)10-11-4-2-1-3-5-11/h1-9H,10H2. The van der Waals surface area contributed by atoms with E-state index in [1.54, 1.807) is 24.3 Å². The first kappa shape index (κ1) is 13.0. The molecule has 2 aromatic rings. The van der Waals surface area contributed by atoms with Crippen molar-refractivity contribution in [3.05, 3.63) is 71.5 Å². The maximum Gasteiger partial charge on any atom is 0.345 e. The monoisotopic (exact) mass is 258 g/mol. The van der Waals surface area contributed by atoms with Crippen molar-refractivity contribution in [1.29, 1.82) is 0 Å². The van der Waals surface area contributed by atoms with Crippen molar-refractivity contribution in [3.63, 3.8) is 0 Å². The van der Waals surface area contributed by atoms with Gasteiger partial charge in [-0.25, -0.2) is 9.18 Å². The molecule has 0 aliphatic rings. The molecule has 19 heavy (non-hydrogen) atoms. The van der Waals surface area contributed by atoms with Gasteiger partial charge in [-0.3, -0.25) is 4.79 Å². The Hall–Kier alpha value is -2.49. The molecule has 2 rings (SSSR count). The highest BCUT2D eigenvalue weighted by molar-refractivity contribution is 5.97. The number of hydrogen-bond acceptors (Lipinski definition) is 3. The highest BCUT2D eigenvalue weighted by atomic mass is 19.1. The topological polar surface area (TPSA) is 43.4 Å². The first-order valence-electron chi connectivity index (χ1n) is 5.69. The summed E-state index contributed by atoms with van der Waals surface area (Å²) in [4.78, 5) is 23.1. The molecule has 4 heteroatoms. The third-order valence-corrected chi connectivity index (χ3v) is 2.48. The molecular weight excluding hydrogens is 247 g/mol. The number of hydrogen-bond donors (Lipinski definition) is 0. The second kappa shape index (κ2) is 5.91. The van der Waals surface area contributed by atoms with Crippen molar-refractivity contribution in [2.45, 2.75) is 6.42 Å². The lowest BCUT2D eigenvalue weighted by Gasteiger charge is -2.03. The molecule has 0 aliphatic heterocycles. The molecule has 0 saturated heterocycles. The highest BCUT2D eigenvalue weighted by Gasteiger charge is 2.13. The van der Waals surface area contributed by atoms with Crippen molar-refractivity contribution >= 4 is 11.9 Å². The maximum atomic E-state index is 12.7. The third-order valence-electron chi connectivity index (χ3n) is 2.48. The molecule has 0 aromatic heterocycles. The fourth-order valence-electron chi connectivity index (χ4n) is 1.55. The van der Waals surface area contributed by atoms with E-state index in [1.807, 2.05) is 6.07 Å². The zero-order valence-electron chi connectivity index (χ0n) is 10.0. The summed E-state index contributed by atoms with van der Waals surface area (Å²) in [5, 5.41) is 0. The van der Waals surface area contributed by atoms with E-state index in [1.165, 1.54) is 12.1 Å². The molecule has 0 unspecified atom stereocenters. The molecule has 0 radical (unpaired) electrons. The predicted octanol–water partition coefficient (Wildman–Crippen LogP) is 2.75. The van der Waals surface area contributed by atoms with Crippen molar-refractivity contribution in [1.82, 2.24) is 0 Å². The van der Waals surface area contributed by atoms with E-state index in [9.17, 15) is 14.0 Å². The van der Waals surface area contributed by atoms with E-state index >= 15 is 0 Å². The number of benzene rings is 2. The van der Waals surface area contributed by atoms with E-state index in [2.05, 4.69) is 4.74 Å².